The third-order valence-corrected chi connectivity index (χ3v) is 2.00. The minimum absolute atomic E-state index is 0.0578. The molecule has 1 aliphatic heterocycles. The van der Waals surface area contributed by atoms with Gasteiger partial charge in [-0.05, 0) is 14.1 Å². The van der Waals surface area contributed by atoms with Crippen molar-refractivity contribution >= 4 is 5.91 Å². The Bertz CT molecular complexity index is 179. The Labute approximate surface area is 84.8 Å². The normalized spacial score (nSPS) is 22.4. The Hall–Kier alpha value is -0.650. The van der Waals surface area contributed by atoms with Crippen LogP contribution in [0.2, 0.25) is 0 Å². The molecule has 0 saturated carbocycles. The quantitative estimate of drug-likeness (QED) is 0.591. The van der Waals surface area contributed by atoms with Crippen LogP contribution < -0.4 is 10.6 Å². The van der Waals surface area contributed by atoms with Crippen LogP contribution in [-0.2, 0) is 9.53 Å². The molecule has 5 nitrogen and oxygen atoms in total. The Morgan fingerprint density at radius 3 is 3.00 bits per heavy atom. The minimum atomic E-state index is 0.0578. The first-order chi connectivity index (χ1) is 6.68. The van der Waals surface area contributed by atoms with Crippen molar-refractivity contribution in [3.05, 3.63) is 0 Å². The molecule has 0 aromatic carbocycles. The number of hydrogen-bond donors (Lipinski definition) is 2. The van der Waals surface area contributed by atoms with E-state index in [1.807, 2.05) is 19.0 Å². The molecule has 5 heteroatoms. The Morgan fingerprint density at radius 1 is 1.64 bits per heavy atom. The second-order valence-corrected chi connectivity index (χ2v) is 3.77. The van der Waals surface area contributed by atoms with Crippen LogP contribution in [0.1, 0.15) is 0 Å². The van der Waals surface area contributed by atoms with Gasteiger partial charge in [-0.2, -0.15) is 0 Å². The maximum atomic E-state index is 11.3. The van der Waals surface area contributed by atoms with E-state index in [0.29, 0.717) is 19.7 Å². The third kappa shape index (κ3) is 4.55. The summed E-state index contributed by atoms with van der Waals surface area (Å²) in [5.41, 5.74) is 0. The van der Waals surface area contributed by atoms with E-state index in [-0.39, 0.29) is 11.9 Å². The lowest BCUT2D eigenvalue weighted by Gasteiger charge is -2.24. The van der Waals surface area contributed by atoms with Gasteiger partial charge in [-0.1, -0.05) is 0 Å². The average molecular weight is 201 g/mol. The molecule has 1 unspecified atom stereocenters. The number of ether oxygens (including phenoxy) is 1. The van der Waals surface area contributed by atoms with E-state index in [2.05, 4.69) is 10.6 Å². The van der Waals surface area contributed by atoms with Crippen LogP contribution in [0.15, 0.2) is 0 Å². The monoisotopic (exact) mass is 201 g/mol. The summed E-state index contributed by atoms with van der Waals surface area (Å²) >= 11 is 0. The first kappa shape index (κ1) is 11.4. The van der Waals surface area contributed by atoms with Crippen molar-refractivity contribution in [3.63, 3.8) is 0 Å². The smallest absolute Gasteiger partial charge is 0.234 e. The molecule has 0 aromatic heterocycles. The van der Waals surface area contributed by atoms with Crippen LogP contribution in [-0.4, -0.2) is 63.8 Å². The number of morpholine rings is 1. The second kappa shape index (κ2) is 5.95. The number of carbonyl (C=O) groups excluding carboxylic acids is 1. The van der Waals surface area contributed by atoms with Crippen LogP contribution in [0, 0.1) is 0 Å². The molecule has 2 N–H and O–H groups in total. The van der Waals surface area contributed by atoms with E-state index in [0.717, 1.165) is 13.2 Å². The Balaban J connectivity index is 2.09. The molecule has 0 aliphatic carbocycles. The molecular weight excluding hydrogens is 182 g/mol. The predicted octanol–water partition coefficient (Wildman–Crippen LogP) is -1.35. The molecule has 1 rings (SSSR count). The summed E-state index contributed by atoms with van der Waals surface area (Å²) in [6, 6.07) is 0.259. The van der Waals surface area contributed by atoms with E-state index in [1.165, 1.54) is 0 Å². The van der Waals surface area contributed by atoms with Gasteiger partial charge < -0.3 is 20.3 Å². The van der Waals surface area contributed by atoms with Gasteiger partial charge in [-0.15, -0.1) is 0 Å². The molecule has 1 aliphatic rings. The number of amides is 1. The highest BCUT2D eigenvalue weighted by molar-refractivity contribution is 5.77. The molecule has 82 valence electrons. The Kier molecular flexibility index (Phi) is 4.86. The SMILES string of the molecule is CN(C)CC(=O)NCC1COCCN1. The molecule has 0 aromatic rings. The summed E-state index contributed by atoms with van der Waals surface area (Å²) in [7, 11) is 3.75. The van der Waals surface area contributed by atoms with Crippen LogP contribution in [0.5, 0.6) is 0 Å². The van der Waals surface area contributed by atoms with E-state index in [1.54, 1.807) is 0 Å². The van der Waals surface area contributed by atoms with E-state index < -0.39 is 0 Å². The molecule has 0 bridgehead atoms. The first-order valence-corrected chi connectivity index (χ1v) is 4.91. The van der Waals surface area contributed by atoms with E-state index in [4.69, 9.17) is 4.74 Å². The minimum Gasteiger partial charge on any atom is -0.378 e. The number of nitrogens with one attached hydrogen (secondary N) is 2. The molecule has 14 heavy (non-hydrogen) atoms. The van der Waals surface area contributed by atoms with Gasteiger partial charge in [0.25, 0.3) is 0 Å². The molecule has 1 atom stereocenters. The van der Waals surface area contributed by atoms with Gasteiger partial charge in [0.2, 0.25) is 5.91 Å². The van der Waals surface area contributed by atoms with Crippen molar-refractivity contribution in [1.29, 1.82) is 0 Å². The van der Waals surface area contributed by atoms with Crippen LogP contribution in [0.4, 0.5) is 0 Å². The highest BCUT2D eigenvalue weighted by Crippen LogP contribution is 1.90. The average Bonchev–Trinajstić information content (AvgIpc) is 2.15. The van der Waals surface area contributed by atoms with E-state index in [9.17, 15) is 4.79 Å². The number of likely N-dealkylation sites (N-methyl/N-ethyl adjacent to an activating group) is 1. The van der Waals surface area contributed by atoms with Crippen molar-refractivity contribution in [2.45, 2.75) is 6.04 Å². The molecule has 0 spiro atoms. The fourth-order valence-corrected chi connectivity index (χ4v) is 1.33. The standard InChI is InChI=1S/C9H19N3O2/c1-12(2)6-9(13)11-5-8-7-14-4-3-10-8/h8,10H,3-7H2,1-2H3,(H,11,13). The maximum Gasteiger partial charge on any atom is 0.234 e. The van der Waals surface area contributed by atoms with Crippen molar-refractivity contribution < 1.29 is 9.53 Å². The number of carbonyl (C=O) groups is 1. The topological polar surface area (TPSA) is 53.6 Å². The zero-order chi connectivity index (χ0) is 10.4. The van der Waals surface area contributed by atoms with Gasteiger partial charge in [0.15, 0.2) is 0 Å². The van der Waals surface area contributed by atoms with Crippen molar-refractivity contribution in [1.82, 2.24) is 15.5 Å². The predicted molar refractivity (Wildman–Crippen MR) is 54.2 cm³/mol. The summed E-state index contributed by atoms with van der Waals surface area (Å²) in [6.07, 6.45) is 0. The third-order valence-electron chi connectivity index (χ3n) is 2.00. The molecule has 1 saturated heterocycles. The maximum absolute atomic E-state index is 11.3. The van der Waals surface area contributed by atoms with Crippen molar-refractivity contribution in [2.75, 3.05) is 46.9 Å². The first-order valence-electron chi connectivity index (χ1n) is 4.91. The summed E-state index contributed by atoms with van der Waals surface area (Å²) < 4.78 is 5.27. The summed E-state index contributed by atoms with van der Waals surface area (Å²) in [4.78, 5) is 13.1. The van der Waals surface area contributed by atoms with Gasteiger partial charge >= 0.3 is 0 Å². The fraction of sp³-hybridized carbons (Fsp3) is 0.889. The molecule has 1 fully saturated rings. The molecule has 0 radical (unpaired) electrons. The number of nitrogens with zero attached hydrogens (tertiary/aromatic N) is 1. The zero-order valence-electron chi connectivity index (χ0n) is 8.88. The van der Waals surface area contributed by atoms with Gasteiger partial charge in [-0.3, -0.25) is 4.79 Å². The van der Waals surface area contributed by atoms with Crippen LogP contribution in [0.25, 0.3) is 0 Å². The van der Waals surface area contributed by atoms with Gasteiger partial charge in [0.05, 0.1) is 19.8 Å². The van der Waals surface area contributed by atoms with Gasteiger partial charge in [0, 0.05) is 19.1 Å². The van der Waals surface area contributed by atoms with Crippen molar-refractivity contribution in [3.8, 4) is 0 Å². The molecular formula is C9H19N3O2. The van der Waals surface area contributed by atoms with Crippen molar-refractivity contribution in [2.24, 2.45) is 0 Å². The lowest BCUT2D eigenvalue weighted by molar-refractivity contribution is -0.121. The summed E-state index contributed by atoms with van der Waals surface area (Å²) in [5.74, 6) is 0.0578. The highest BCUT2D eigenvalue weighted by atomic mass is 16.5. The lowest BCUT2D eigenvalue weighted by Crippen LogP contribution is -2.49. The van der Waals surface area contributed by atoms with Crippen LogP contribution in [0.3, 0.4) is 0 Å². The summed E-state index contributed by atoms with van der Waals surface area (Å²) in [5, 5.41) is 6.14. The molecule has 1 heterocycles. The van der Waals surface area contributed by atoms with Gasteiger partial charge in [-0.25, -0.2) is 0 Å². The zero-order valence-corrected chi connectivity index (χ0v) is 8.88. The number of rotatable bonds is 4. The van der Waals surface area contributed by atoms with E-state index >= 15 is 0 Å². The lowest BCUT2D eigenvalue weighted by atomic mass is 10.3. The Morgan fingerprint density at radius 2 is 2.43 bits per heavy atom. The fourth-order valence-electron chi connectivity index (χ4n) is 1.33. The second-order valence-electron chi connectivity index (χ2n) is 3.77. The van der Waals surface area contributed by atoms with Gasteiger partial charge in [0.1, 0.15) is 0 Å². The summed E-state index contributed by atoms with van der Waals surface area (Å²) in [6.45, 7) is 3.40. The number of hydrogen-bond acceptors (Lipinski definition) is 4. The largest absolute Gasteiger partial charge is 0.378 e. The van der Waals surface area contributed by atoms with Crippen LogP contribution >= 0.6 is 0 Å². The highest BCUT2D eigenvalue weighted by Gasteiger charge is 2.13. The molecule has 1 amide bonds.